The van der Waals surface area contributed by atoms with E-state index in [0.717, 1.165) is 31.4 Å². The predicted molar refractivity (Wildman–Crippen MR) is 114 cm³/mol. The van der Waals surface area contributed by atoms with Crippen LogP contribution >= 0.6 is 24.0 Å². The molecule has 25 heavy (non-hydrogen) atoms. The van der Waals surface area contributed by atoms with Crippen LogP contribution in [0.4, 0.5) is 0 Å². The van der Waals surface area contributed by atoms with Gasteiger partial charge in [-0.25, -0.2) is 0 Å². The molecule has 1 aromatic rings. The monoisotopic (exact) mass is 461 g/mol. The third-order valence-electron chi connectivity index (χ3n) is 4.80. The normalized spacial score (nSPS) is 16.2. The van der Waals surface area contributed by atoms with Gasteiger partial charge in [0, 0.05) is 32.2 Å². The first-order chi connectivity index (χ1) is 11.7. The lowest BCUT2D eigenvalue weighted by molar-refractivity contribution is 0.152. The maximum atomic E-state index is 5.41. The third kappa shape index (κ3) is 6.33. The lowest BCUT2D eigenvalue weighted by atomic mass is 9.78. The predicted octanol–water partition coefficient (Wildman–Crippen LogP) is 3.33. The molecule has 1 aromatic carbocycles. The minimum absolute atomic E-state index is 0. The molecule has 0 bridgehead atoms. The van der Waals surface area contributed by atoms with E-state index in [4.69, 9.17) is 9.47 Å². The van der Waals surface area contributed by atoms with E-state index in [1.54, 1.807) is 7.11 Å². The van der Waals surface area contributed by atoms with Crippen LogP contribution in [0.5, 0.6) is 5.75 Å². The van der Waals surface area contributed by atoms with Crippen LogP contribution in [0.15, 0.2) is 29.3 Å². The standard InChI is InChI=1S/C19H31N3O2.HI/c1-4-24-13-12-21-18(20-2)22-15-19(10-5-6-11-19)16-8-7-9-17(14-16)23-3;/h7-9,14H,4-6,10-13,15H2,1-3H3,(H2,20,21,22);1H. The van der Waals surface area contributed by atoms with Crippen LogP contribution in [0.2, 0.25) is 0 Å². The average molecular weight is 461 g/mol. The molecule has 142 valence electrons. The summed E-state index contributed by atoms with van der Waals surface area (Å²) < 4.78 is 10.8. The van der Waals surface area contributed by atoms with Gasteiger partial charge in [-0.05, 0) is 37.5 Å². The number of ether oxygens (including phenoxy) is 2. The van der Waals surface area contributed by atoms with E-state index >= 15 is 0 Å². The molecule has 0 aliphatic heterocycles. The lowest BCUT2D eigenvalue weighted by Crippen LogP contribution is -2.45. The highest BCUT2D eigenvalue weighted by molar-refractivity contribution is 14.0. The van der Waals surface area contributed by atoms with Gasteiger partial charge in [-0.15, -0.1) is 24.0 Å². The van der Waals surface area contributed by atoms with Crippen LogP contribution in [0.1, 0.15) is 38.2 Å². The molecule has 0 heterocycles. The Morgan fingerprint density at radius 2 is 2.00 bits per heavy atom. The molecular weight excluding hydrogens is 429 g/mol. The van der Waals surface area contributed by atoms with Crippen molar-refractivity contribution in [2.45, 2.75) is 38.0 Å². The molecule has 0 unspecified atom stereocenters. The summed E-state index contributed by atoms with van der Waals surface area (Å²) in [7, 11) is 3.53. The van der Waals surface area contributed by atoms with Gasteiger partial charge >= 0.3 is 0 Å². The summed E-state index contributed by atoms with van der Waals surface area (Å²) >= 11 is 0. The Morgan fingerprint density at radius 1 is 1.24 bits per heavy atom. The van der Waals surface area contributed by atoms with Crippen molar-refractivity contribution in [2.24, 2.45) is 4.99 Å². The molecule has 0 amide bonds. The van der Waals surface area contributed by atoms with Gasteiger partial charge in [0.05, 0.1) is 13.7 Å². The van der Waals surface area contributed by atoms with Gasteiger partial charge in [0.15, 0.2) is 5.96 Å². The van der Waals surface area contributed by atoms with Crippen molar-refractivity contribution < 1.29 is 9.47 Å². The Hall–Kier alpha value is -1.02. The van der Waals surface area contributed by atoms with E-state index in [0.29, 0.717) is 6.61 Å². The summed E-state index contributed by atoms with van der Waals surface area (Å²) in [4.78, 5) is 4.32. The zero-order valence-corrected chi connectivity index (χ0v) is 18.0. The topological polar surface area (TPSA) is 54.9 Å². The second-order valence-electron chi connectivity index (χ2n) is 6.27. The largest absolute Gasteiger partial charge is 0.497 e. The molecule has 0 radical (unpaired) electrons. The SMILES string of the molecule is CCOCCNC(=NC)NCC1(c2cccc(OC)c2)CCCC1.I. The van der Waals surface area contributed by atoms with E-state index in [9.17, 15) is 0 Å². The highest BCUT2D eigenvalue weighted by atomic mass is 127. The number of hydrogen-bond acceptors (Lipinski definition) is 3. The maximum Gasteiger partial charge on any atom is 0.191 e. The minimum Gasteiger partial charge on any atom is -0.497 e. The highest BCUT2D eigenvalue weighted by Gasteiger charge is 2.35. The lowest BCUT2D eigenvalue weighted by Gasteiger charge is -2.31. The summed E-state index contributed by atoms with van der Waals surface area (Å²) in [5, 5.41) is 6.82. The molecule has 2 N–H and O–H groups in total. The van der Waals surface area contributed by atoms with Crippen molar-refractivity contribution in [3.8, 4) is 5.75 Å². The number of nitrogens with one attached hydrogen (secondary N) is 2. The summed E-state index contributed by atoms with van der Waals surface area (Å²) in [6, 6.07) is 8.50. The van der Waals surface area contributed by atoms with Crippen LogP contribution in [0, 0.1) is 0 Å². The van der Waals surface area contributed by atoms with Gasteiger partial charge in [-0.3, -0.25) is 4.99 Å². The van der Waals surface area contributed by atoms with Crippen molar-refractivity contribution >= 4 is 29.9 Å². The molecule has 2 rings (SSSR count). The molecule has 6 heteroatoms. The number of benzene rings is 1. The van der Waals surface area contributed by atoms with Crippen molar-refractivity contribution in [2.75, 3.05) is 40.5 Å². The highest BCUT2D eigenvalue weighted by Crippen LogP contribution is 2.41. The van der Waals surface area contributed by atoms with Crippen LogP contribution < -0.4 is 15.4 Å². The Bertz CT molecular complexity index is 531. The van der Waals surface area contributed by atoms with Gasteiger partial charge in [0.2, 0.25) is 0 Å². The van der Waals surface area contributed by atoms with E-state index < -0.39 is 0 Å². The van der Waals surface area contributed by atoms with Crippen molar-refractivity contribution in [1.82, 2.24) is 10.6 Å². The minimum atomic E-state index is 0. The number of nitrogens with zero attached hydrogens (tertiary/aromatic N) is 1. The van der Waals surface area contributed by atoms with Crippen LogP contribution in [-0.4, -0.2) is 46.4 Å². The summed E-state index contributed by atoms with van der Waals surface area (Å²) in [6.45, 7) is 5.09. The van der Waals surface area contributed by atoms with Crippen molar-refractivity contribution in [3.05, 3.63) is 29.8 Å². The molecule has 1 aliphatic carbocycles. The molecule has 0 atom stereocenters. The van der Waals surface area contributed by atoms with Gasteiger partial charge in [-0.1, -0.05) is 25.0 Å². The number of hydrogen-bond donors (Lipinski definition) is 2. The van der Waals surface area contributed by atoms with Gasteiger partial charge in [0.25, 0.3) is 0 Å². The van der Waals surface area contributed by atoms with Crippen molar-refractivity contribution in [1.29, 1.82) is 0 Å². The molecule has 5 nitrogen and oxygen atoms in total. The molecule has 1 fully saturated rings. The number of methoxy groups -OCH3 is 1. The van der Waals surface area contributed by atoms with Gasteiger partial charge < -0.3 is 20.1 Å². The van der Waals surface area contributed by atoms with Gasteiger partial charge in [-0.2, -0.15) is 0 Å². The zero-order valence-electron chi connectivity index (χ0n) is 15.6. The zero-order chi connectivity index (χ0) is 17.3. The van der Waals surface area contributed by atoms with Crippen LogP contribution in [0.25, 0.3) is 0 Å². The fourth-order valence-corrected chi connectivity index (χ4v) is 3.43. The molecule has 1 aliphatic rings. The molecular formula is C19H32IN3O2. The Kier molecular flexibility index (Phi) is 10.2. The Balaban J connectivity index is 0.00000312. The Labute approximate surface area is 169 Å². The number of guanidine groups is 1. The molecule has 0 saturated heterocycles. The fraction of sp³-hybridized carbons (Fsp3) is 0.632. The van der Waals surface area contributed by atoms with Crippen molar-refractivity contribution in [3.63, 3.8) is 0 Å². The molecule has 0 spiro atoms. The fourth-order valence-electron chi connectivity index (χ4n) is 3.43. The van der Waals surface area contributed by atoms with Crippen LogP contribution in [-0.2, 0) is 10.2 Å². The smallest absolute Gasteiger partial charge is 0.191 e. The van der Waals surface area contributed by atoms with E-state index in [2.05, 4.69) is 33.8 Å². The Morgan fingerprint density at radius 3 is 2.64 bits per heavy atom. The number of aliphatic imine (C=N–C) groups is 1. The average Bonchev–Trinajstić information content (AvgIpc) is 3.11. The summed E-state index contributed by atoms with van der Waals surface area (Å²) in [5.74, 6) is 1.77. The maximum absolute atomic E-state index is 5.41. The second kappa shape index (κ2) is 11.6. The van der Waals surface area contributed by atoms with E-state index in [1.165, 1.54) is 31.2 Å². The van der Waals surface area contributed by atoms with Crippen LogP contribution in [0.3, 0.4) is 0 Å². The second-order valence-corrected chi connectivity index (χ2v) is 6.27. The first-order valence-electron chi connectivity index (χ1n) is 8.91. The third-order valence-corrected chi connectivity index (χ3v) is 4.80. The van der Waals surface area contributed by atoms with E-state index in [-0.39, 0.29) is 29.4 Å². The first-order valence-corrected chi connectivity index (χ1v) is 8.91. The molecule has 0 aromatic heterocycles. The summed E-state index contributed by atoms with van der Waals surface area (Å²) in [6.07, 6.45) is 4.94. The molecule has 1 saturated carbocycles. The number of halogens is 1. The summed E-state index contributed by atoms with van der Waals surface area (Å²) in [5.41, 5.74) is 1.52. The number of rotatable bonds is 8. The first kappa shape index (κ1) is 22.0. The van der Waals surface area contributed by atoms with E-state index in [1.807, 2.05) is 20.0 Å². The van der Waals surface area contributed by atoms with Gasteiger partial charge in [0.1, 0.15) is 5.75 Å². The quantitative estimate of drug-likeness (QED) is 0.270.